The van der Waals surface area contributed by atoms with E-state index >= 15 is 0 Å². The number of aromatic nitrogens is 2. The monoisotopic (exact) mass is 250 g/mol. The molecule has 90 valence electrons. The van der Waals surface area contributed by atoms with Gasteiger partial charge < -0.3 is 15.1 Å². The third kappa shape index (κ3) is 3.21. The van der Waals surface area contributed by atoms with Crippen molar-refractivity contribution in [3.63, 3.8) is 0 Å². The molecule has 2 N–H and O–H groups in total. The number of rotatable bonds is 5. The topological polar surface area (TPSA) is 63.0 Å². The molecule has 17 heavy (non-hydrogen) atoms. The molecule has 0 unspecified atom stereocenters. The second-order valence-corrected chi connectivity index (χ2v) is 4.27. The lowest BCUT2D eigenvalue weighted by molar-refractivity contribution is 0.493. The first-order chi connectivity index (χ1) is 8.31. The van der Waals surface area contributed by atoms with E-state index in [-0.39, 0.29) is 0 Å². The van der Waals surface area contributed by atoms with E-state index in [1.165, 1.54) is 4.90 Å². The summed E-state index contributed by atoms with van der Waals surface area (Å²) in [4.78, 5) is 1.19. The number of benzene rings is 1. The van der Waals surface area contributed by atoms with Crippen LogP contribution in [0.25, 0.3) is 0 Å². The van der Waals surface area contributed by atoms with Crippen LogP contribution >= 0.6 is 11.8 Å². The summed E-state index contributed by atoms with van der Waals surface area (Å²) < 4.78 is 5.40. The average molecular weight is 250 g/mol. The number of anilines is 2. The van der Waals surface area contributed by atoms with Gasteiger partial charge in [-0.1, -0.05) is 11.2 Å². The molecule has 0 atom stereocenters. The highest BCUT2D eigenvalue weighted by Gasteiger charge is 2.05. The maximum absolute atomic E-state index is 5.40. The van der Waals surface area contributed by atoms with Gasteiger partial charge in [0.2, 0.25) is 5.89 Å². The molecule has 0 aliphatic rings. The molecule has 0 saturated carbocycles. The van der Waals surface area contributed by atoms with Gasteiger partial charge >= 0.3 is 6.01 Å². The van der Waals surface area contributed by atoms with Crippen molar-refractivity contribution in [1.82, 2.24) is 15.5 Å². The summed E-state index contributed by atoms with van der Waals surface area (Å²) in [6.45, 7) is 0.569. The molecule has 1 aromatic heterocycles. The van der Waals surface area contributed by atoms with Gasteiger partial charge in [0.05, 0.1) is 6.54 Å². The maximum atomic E-state index is 5.40. The van der Waals surface area contributed by atoms with Crippen LogP contribution in [0.4, 0.5) is 11.7 Å². The number of hydrogen-bond donors (Lipinski definition) is 2. The van der Waals surface area contributed by atoms with Crippen LogP contribution in [0, 0.1) is 0 Å². The summed E-state index contributed by atoms with van der Waals surface area (Å²) in [5.41, 5.74) is 0.941. The molecular formula is C11H14N4OS. The first-order valence-corrected chi connectivity index (χ1v) is 6.42. The average Bonchev–Trinajstić information content (AvgIpc) is 2.77. The summed E-state index contributed by atoms with van der Waals surface area (Å²) >= 11 is 1.69. The van der Waals surface area contributed by atoms with E-state index in [0.29, 0.717) is 18.5 Å². The fraction of sp³-hybridized carbons (Fsp3) is 0.273. The van der Waals surface area contributed by atoms with Crippen LogP contribution in [0.1, 0.15) is 5.89 Å². The van der Waals surface area contributed by atoms with Crippen LogP contribution in [0.15, 0.2) is 33.6 Å². The normalized spacial score (nSPS) is 10.5. The number of thioether (sulfide) groups is 1. The molecule has 0 radical (unpaired) electrons. The smallest absolute Gasteiger partial charge is 0.320 e. The Bertz CT molecular complexity index is 486. The third-order valence-corrected chi connectivity index (χ3v) is 2.84. The molecule has 0 spiro atoms. The van der Waals surface area contributed by atoms with Crippen LogP contribution in [-0.4, -0.2) is 23.5 Å². The van der Waals surface area contributed by atoms with E-state index < -0.39 is 0 Å². The molecular weight excluding hydrogens is 236 g/mol. The van der Waals surface area contributed by atoms with Gasteiger partial charge in [-0.2, -0.15) is 0 Å². The van der Waals surface area contributed by atoms with Crippen molar-refractivity contribution >= 4 is 23.5 Å². The Hall–Kier alpha value is -1.53. The van der Waals surface area contributed by atoms with E-state index in [1.54, 1.807) is 11.8 Å². The van der Waals surface area contributed by atoms with Gasteiger partial charge in [0, 0.05) is 10.6 Å². The standard InChI is InChI=1S/C11H14N4OS/c1-12-7-10-14-15-11(16-10)13-8-4-3-5-9(6-8)17-2/h3-6,12H,7H2,1-2H3,(H,13,15). The molecule has 0 aliphatic carbocycles. The Morgan fingerprint density at radius 1 is 1.35 bits per heavy atom. The lowest BCUT2D eigenvalue weighted by Gasteiger charge is -2.02. The fourth-order valence-corrected chi connectivity index (χ4v) is 1.81. The molecule has 2 aromatic rings. The van der Waals surface area contributed by atoms with Crippen LogP contribution in [0.5, 0.6) is 0 Å². The minimum absolute atomic E-state index is 0.411. The van der Waals surface area contributed by atoms with Crippen molar-refractivity contribution in [3.05, 3.63) is 30.2 Å². The molecule has 2 rings (SSSR count). The molecule has 5 nitrogen and oxygen atoms in total. The molecule has 0 saturated heterocycles. The highest BCUT2D eigenvalue weighted by molar-refractivity contribution is 7.98. The minimum Gasteiger partial charge on any atom is -0.406 e. The second kappa shape index (κ2) is 5.70. The first-order valence-electron chi connectivity index (χ1n) is 5.20. The molecule has 0 amide bonds. The Morgan fingerprint density at radius 2 is 2.24 bits per heavy atom. The molecule has 6 heteroatoms. The SMILES string of the molecule is CNCc1nnc(Nc2cccc(SC)c2)o1. The van der Waals surface area contributed by atoms with Crippen LogP contribution < -0.4 is 10.6 Å². The van der Waals surface area contributed by atoms with Crippen molar-refractivity contribution in [1.29, 1.82) is 0 Å². The second-order valence-electron chi connectivity index (χ2n) is 3.39. The van der Waals surface area contributed by atoms with Crippen LogP contribution in [0.3, 0.4) is 0 Å². The predicted molar refractivity (Wildman–Crippen MR) is 68.6 cm³/mol. The number of hydrogen-bond acceptors (Lipinski definition) is 6. The zero-order valence-corrected chi connectivity index (χ0v) is 10.5. The van der Waals surface area contributed by atoms with Crippen LogP contribution in [0.2, 0.25) is 0 Å². The number of nitrogens with zero attached hydrogens (tertiary/aromatic N) is 2. The van der Waals surface area contributed by atoms with Gasteiger partial charge in [-0.05, 0) is 31.5 Å². The molecule has 0 aliphatic heterocycles. The maximum Gasteiger partial charge on any atom is 0.320 e. The van der Waals surface area contributed by atoms with E-state index in [2.05, 4.69) is 26.9 Å². The van der Waals surface area contributed by atoms with Gasteiger partial charge in [-0.15, -0.1) is 16.9 Å². The zero-order valence-electron chi connectivity index (χ0n) is 9.73. The third-order valence-electron chi connectivity index (χ3n) is 2.12. The van der Waals surface area contributed by atoms with Gasteiger partial charge in [-0.25, -0.2) is 0 Å². The highest BCUT2D eigenvalue weighted by Crippen LogP contribution is 2.21. The molecule has 0 fully saturated rings. The van der Waals surface area contributed by atoms with E-state index in [4.69, 9.17) is 4.42 Å². The lowest BCUT2D eigenvalue weighted by atomic mass is 10.3. The Morgan fingerprint density at radius 3 is 3.00 bits per heavy atom. The van der Waals surface area contributed by atoms with Gasteiger partial charge in [0.1, 0.15) is 0 Å². The molecule has 1 aromatic carbocycles. The molecule has 0 bridgehead atoms. The van der Waals surface area contributed by atoms with E-state index in [0.717, 1.165) is 5.69 Å². The van der Waals surface area contributed by atoms with Gasteiger partial charge in [0.25, 0.3) is 0 Å². The quantitative estimate of drug-likeness (QED) is 0.794. The summed E-state index contributed by atoms with van der Waals surface area (Å²) in [7, 11) is 1.83. The largest absolute Gasteiger partial charge is 0.406 e. The summed E-state index contributed by atoms with van der Waals surface area (Å²) in [5.74, 6) is 0.566. The van der Waals surface area contributed by atoms with E-state index in [1.807, 2.05) is 31.5 Å². The zero-order chi connectivity index (χ0) is 12.1. The van der Waals surface area contributed by atoms with E-state index in [9.17, 15) is 0 Å². The van der Waals surface area contributed by atoms with Crippen molar-refractivity contribution in [2.45, 2.75) is 11.4 Å². The predicted octanol–water partition coefficient (Wildman–Crippen LogP) is 2.25. The Balaban J connectivity index is 2.08. The Kier molecular flexibility index (Phi) is 4.00. The summed E-state index contributed by atoms with van der Waals surface area (Å²) in [5, 5.41) is 13.8. The van der Waals surface area contributed by atoms with Crippen molar-refractivity contribution in [3.8, 4) is 0 Å². The van der Waals surface area contributed by atoms with Crippen molar-refractivity contribution < 1.29 is 4.42 Å². The lowest BCUT2D eigenvalue weighted by Crippen LogP contribution is -2.04. The summed E-state index contributed by atoms with van der Waals surface area (Å²) in [6.07, 6.45) is 2.04. The first kappa shape index (κ1) is 11.9. The van der Waals surface area contributed by atoms with Crippen molar-refractivity contribution in [2.24, 2.45) is 0 Å². The highest BCUT2D eigenvalue weighted by atomic mass is 32.2. The summed E-state index contributed by atoms with van der Waals surface area (Å²) in [6, 6.07) is 8.44. The minimum atomic E-state index is 0.411. The van der Waals surface area contributed by atoms with Gasteiger partial charge in [0.15, 0.2) is 0 Å². The van der Waals surface area contributed by atoms with Gasteiger partial charge in [-0.3, -0.25) is 0 Å². The van der Waals surface area contributed by atoms with Crippen LogP contribution in [-0.2, 0) is 6.54 Å². The number of nitrogens with one attached hydrogen (secondary N) is 2. The fourth-order valence-electron chi connectivity index (χ4n) is 1.35. The Labute approximate surface area is 104 Å². The molecule has 1 heterocycles. The van der Waals surface area contributed by atoms with Crippen molar-refractivity contribution in [2.75, 3.05) is 18.6 Å².